The second-order valence-corrected chi connectivity index (χ2v) is 9.12. The van der Waals surface area contributed by atoms with Crippen molar-refractivity contribution in [2.45, 2.75) is 34.4 Å². The van der Waals surface area contributed by atoms with Crippen LogP contribution in [0.3, 0.4) is 0 Å². The van der Waals surface area contributed by atoms with Gasteiger partial charge in [-0.2, -0.15) is 0 Å². The van der Waals surface area contributed by atoms with E-state index in [2.05, 4.69) is 20.8 Å². The summed E-state index contributed by atoms with van der Waals surface area (Å²) in [6, 6.07) is 23.3. The van der Waals surface area contributed by atoms with Gasteiger partial charge in [-0.05, 0) is 45.8 Å². The van der Waals surface area contributed by atoms with E-state index in [1.54, 1.807) is 4.68 Å². The average molecular weight is 476 g/mol. The van der Waals surface area contributed by atoms with Crippen molar-refractivity contribution in [1.29, 1.82) is 0 Å². The van der Waals surface area contributed by atoms with E-state index in [-0.39, 0.29) is 24.9 Å². The van der Waals surface area contributed by atoms with Gasteiger partial charge in [-0.15, -0.1) is 5.10 Å². The van der Waals surface area contributed by atoms with Gasteiger partial charge in [-0.3, -0.25) is 5.32 Å². The van der Waals surface area contributed by atoms with Crippen molar-refractivity contribution in [3.8, 4) is 0 Å². The molecule has 1 amide bonds. The zero-order valence-corrected chi connectivity index (χ0v) is 18.8. The van der Waals surface area contributed by atoms with Gasteiger partial charge < -0.3 is 14.2 Å². The summed E-state index contributed by atoms with van der Waals surface area (Å²) in [6.07, 6.45) is -1.76. The molecule has 34 heavy (non-hydrogen) atoms. The number of hydrogen-bond donors (Lipinski definition) is 1. The smallest absolute Gasteiger partial charge is 0.412 e. The molecule has 4 atom stereocenters. The summed E-state index contributed by atoms with van der Waals surface area (Å²) in [6.45, 7) is 0.617. The molecule has 0 spiro atoms. The number of tetrazole rings is 1. The fourth-order valence-electron chi connectivity index (χ4n) is 4.42. The third-order valence-electron chi connectivity index (χ3n) is 6.00. The van der Waals surface area contributed by atoms with Crippen LogP contribution in [-0.4, -0.2) is 57.8 Å². The van der Waals surface area contributed by atoms with Crippen LogP contribution in [0.25, 0.3) is 10.8 Å². The van der Waals surface area contributed by atoms with Gasteiger partial charge in [0, 0.05) is 10.3 Å². The number of nitrogens with one attached hydrogen (secondary N) is 1. The Labute approximate surface area is 199 Å². The first-order valence-corrected chi connectivity index (χ1v) is 11.8. The first-order valence-electron chi connectivity index (χ1n) is 11.0. The van der Waals surface area contributed by atoms with Gasteiger partial charge in [0.2, 0.25) is 5.16 Å². The van der Waals surface area contributed by atoms with Gasteiger partial charge in [-0.25, -0.2) is 9.48 Å². The Morgan fingerprint density at radius 3 is 2.68 bits per heavy atom. The molecule has 0 radical (unpaired) electrons. The molecule has 0 bridgehead atoms. The van der Waals surface area contributed by atoms with Gasteiger partial charge >= 0.3 is 6.09 Å². The summed E-state index contributed by atoms with van der Waals surface area (Å²) in [5.41, 5.74) is 0.694. The Bertz CT molecular complexity index is 1310. The van der Waals surface area contributed by atoms with Crippen LogP contribution in [0.4, 0.5) is 10.5 Å². The molecule has 2 fully saturated rings. The standard InChI is InChI=1S/C24H21N5O4S/c30-24(25-18-12-6-8-15-7-4-5-11-17(15)18)33-20-14-32-21-19(13-31-22(20)21)29-23(26-27-28-29)34-16-9-2-1-3-10-16/h1-12,19-22H,13-14H2,(H,25,30)/t19-,20+,21+,22+/m0/s1. The molecular formula is C24H21N5O4S. The first kappa shape index (κ1) is 21.1. The fraction of sp³-hybridized carbons (Fsp3) is 0.250. The lowest BCUT2D eigenvalue weighted by atomic mass is 10.1. The molecule has 1 N–H and O–H groups in total. The minimum absolute atomic E-state index is 0.207. The summed E-state index contributed by atoms with van der Waals surface area (Å²) in [7, 11) is 0. The van der Waals surface area contributed by atoms with Crippen molar-refractivity contribution in [2.24, 2.45) is 0 Å². The largest absolute Gasteiger partial charge is 0.441 e. The van der Waals surface area contributed by atoms with Crippen LogP contribution < -0.4 is 5.32 Å². The minimum Gasteiger partial charge on any atom is -0.441 e. The fourth-order valence-corrected chi connectivity index (χ4v) is 5.27. The van der Waals surface area contributed by atoms with Gasteiger partial charge in [0.25, 0.3) is 0 Å². The minimum atomic E-state index is -0.541. The summed E-state index contributed by atoms with van der Waals surface area (Å²) in [4.78, 5) is 13.7. The molecule has 6 rings (SSSR count). The number of aromatic nitrogens is 4. The summed E-state index contributed by atoms with van der Waals surface area (Å²) in [5, 5.41) is 17.7. The highest BCUT2D eigenvalue weighted by atomic mass is 32.2. The van der Waals surface area contributed by atoms with E-state index in [0.717, 1.165) is 15.7 Å². The number of carbonyl (C=O) groups is 1. The van der Waals surface area contributed by atoms with Gasteiger partial charge in [0.05, 0.1) is 18.9 Å². The van der Waals surface area contributed by atoms with Crippen molar-refractivity contribution in [3.63, 3.8) is 0 Å². The summed E-state index contributed by atoms with van der Waals surface area (Å²) in [5.74, 6) is 0. The molecular weight excluding hydrogens is 454 g/mol. The highest BCUT2D eigenvalue weighted by molar-refractivity contribution is 7.99. The predicted octanol–water partition coefficient (Wildman–Crippen LogP) is 3.93. The van der Waals surface area contributed by atoms with Gasteiger partial charge in [0.15, 0.2) is 6.10 Å². The summed E-state index contributed by atoms with van der Waals surface area (Å²) >= 11 is 1.48. The molecule has 3 aromatic carbocycles. The normalized spacial score (nSPS) is 23.6. The first-order chi connectivity index (χ1) is 16.8. The lowest BCUT2D eigenvalue weighted by Gasteiger charge is -2.18. The molecule has 9 nitrogen and oxygen atoms in total. The van der Waals surface area contributed by atoms with E-state index in [0.29, 0.717) is 17.5 Å². The summed E-state index contributed by atoms with van der Waals surface area (Å²) < 4.78 is 19.4. The monoisotopic (exact) mass is 475 g/mol. The Morgan fingerprint density at radius 2 is 1.76 bits per heavy atom. The highest BCUT2D eigenvalue weighted by Gasteiger charge is 2.51. The third-order valence-corrected chi connectivity index (χ3v) is 6.95. The Hall–Kier alpha value is -3.47. The van der Waals surface area contributed by atoms with Crippen molar-refractivity contribution < 1.29 is 19.0 Å². The van der Waals surface area contributed by atoms with Crippen LogP contribution in [0.15, 0.2) is 82.8 Å². The topological polar surface area (TPSA) is 100 Å². The van der Waals surface area contributed by atoms with E-state index in [1.807, 2.05) is 72.8 Å². The number of ether oxygens (including phenoxy) is 3. The van der Waals surface area contributed by atoms with Crippen LogP contribution >= 0.6 is 11.8 Å². The molecule has 0 saturated carbocycles. The number of nitrogens with zero attached hydrogens (tertiary/aromatic N) is 4. The van der Waals surface area contributed by atoms with Crippen molar-refractivity contribution in [2.75, 3.05) is 18.5 Å². The molecule has 172 valence electrons. The molecule has 0 aliphatic carbocycles. The van der Waals surface area contributed by atoms with Crippen LogP contribution in [0.1, 0.15) is 6.04 Å². The number of benzene rings is 3. The SMILES string of the molecule is O=C(Nc1cccc2ccccc12)O[C@@H]1CO[C@H]2[C@@H]1OC[C@@H]2n1nnnc1Sc1ccccc1. The molecule has 3 heterocycles. The van der Waals surface area contributed by atoms with Gasteiger partial charge in [-0.1, -0.05) is 54.6 Å². The van der Waals surface area contributed by atoms with E-state index in [9.17, 15) is 4.79 Å². The Balaban J connectivity index is 1.13. The lowest BCUT2D eigenvalue weighted by molar-refractivity contribution is 0.00752. The predicted molar refractivity (Wildman–Crippen MR) is 125 cm³/mol. The van der Waals surface area contributed by atoms with Crippen molar-refractivity contribution >= 4 is 34.3 Å². The molecule has 2 saturated heterocycles. The highest BCUT2D eigenvalue weighted by Crippen LogP contribution is 2.37. The van der Waals surface area contributed by atoms with Crippen molar-refractivity contribution in [1.82, 2.24) is 20.2 Å². The van der Waals surface area contributed by atoms with E-state index in [1.165, 1.54) is 11.8 Å². The number of amides is 1. The second-order valence-electron chi connectivity index (χ2n) is 8.08. The molecule has 2 aliphatic rings. The average Bonchev–Trinajstić information content (AvgIpc) is 3.58. The maximum atomic E-state index is 12.7. The number of carbonyl (C=O) groups excluding carboxylic acids is 1. The number of hydrogen-bond acceptors (Lipinski definition) is 8. The Morgan fingerprint density at radius 1 is 0.971 bits per heavy atom. The zero-order chi connectivity index (χ0) is 22.9. The molecule has 1 aromatic heterocycles. The maximum absolute atomic E-state index is 12.7. The quantitative estimate of drug-likeness (QED) is 0.463. The molecule has 2 aliphatic heterocycles. The number of fused-ring (bicyclic) bond motifs is 2. The van der Waals surface area contributed by atoms with Crippen LogP contribution in [0, 0.1) is 0 Å². The van der Waals surface area contributed by atoms with Crippen LogP contribution in [0.2, 0.25) is 0 Å². The third kappa shape index (κ3) is 4.00. The van der Waals surface area contributed by atoms with E-state index < -0.39 is 12.2 Å². The van der Waals surface area contributed by atoms with Crippen LogP contribution in [-0.2, 0) is 14.2 Å². The second kappa shape index (κ2) is 9.05. The van der Waals surface area contributed by atoms with Crippen LogP contribution in [0.5, 0.6) is 0 Å². The lowest BCUT2D eigenvalue weighted by Crippen LogP contribution is -2.35. The van der Waals surface area contributed by atoms with E-state index >= 15 is 0 Å². The Kier molecular flexibility index (Phi) is 5.61. The van der Waals surface area contributed by atoms with E-state index in [4.69, 9.17) is 14.2 Å². The maximum Gasteiger partial charge on any atom is 0.412 e. The molecule has 10 heteroatoms. The zero-order valence-electron chi connectivity index (χ0n) is 18.0. The van der Waals surface area contributed by atoms with Crippen molar-refractivity contribution in [3.05, 3.63) is 72.8 Å². The van der Waals surface area contributed by atoms with Gasteiger partial charge in [0.1, 0.15) is 18.2 Å². The number of anilines is 1. The number of rotatable bonds is 5. The molecule has 4 aromatic rings. The molecule has 0 unspecified atom stereocenters.